The number of aromatic nitrogens is 3. The summed E-state index contributed by atoms with van der Waals surface area (Å²) in [5.41, 5.74) is 6.66. The van der Waals surface area contributed by atoms with Gasteiger partial charge in [-0.15, -0.1) is 0 Å². The lowest BCUT2D eigenvalue weighted by Crippen LogP contribution is -2.00. The van der Waals surface area contributed by atoms with Crippen LogP contribution in [0, 0.1) is 0 Å². The largest absolute Gasteiger partial charge is 0.382 e. The van der Waals surface area contributed by atoms with E-state index in [1.165, 1.54) is 10.8 Å². The topological polar surface area (TPSA) is 73.3 Å². The van der Waals surface area contributed by atoms with Gasteiger partial charge in [0.1, 0.15) is 17.5 Å². The van der Waals surface area contributed by atoms with Crippen molar-refractivity contribution in [1.82, 2.24) is 14.6 Å². The van der Waals surface area contributed by atoms with Crippen molar-refractivity contribution < 1.29 is 4.79 Å². The molecule has 0 saturated heterocycles. The molecule has 2 heterocycles. The second kappa shape index (κ2) is 2.30. The summed E-state index contributed by atoms with van der Waals surface area (Å²) in [6.07, 6.45) is 2.04. The van der Waals surface area contributed by atoms with Gasteiger partial charge in [0, 0.05) is 0 Å². The van der Waals surface area contributed by atoms with Gasteiger partial charge in [-0.1, -0.05) is 0 Å². The van der Waals surface area contributed by atoms with E-state index >= 15 is 0 Å². The molecule has 0 aliphatic heterocycles. The van der Waals surface area contributed by atoms with Crippen LogP contribution >= 0.6 is 0 Å². The van der Waals surface area contributed by atoms with Gasteiger partial charge in [0.05, 0.1) is 0 Å². The summed E-state index contributed by atoms with van der Waals surface area (Å²) in [6, 6.07) is 3.35. The van der Waals surface area contributed by atoms with Crippen LogP contribution in [-0.2, 0) is 0 Å². The van der Waals surface area contributed by atoms with Crippen molar-refractivity contribution in [1.29, 1.82) is 0 Å². The van der Waals surface area contributed by atoms with Gasteiger partial charge in [-0.2, -0.15) is 5.10 Å². The molecule has 5 nitrogen and oxygen atoms in total. The fourth-order valence-electron chi connectivity index (χ4n) is 1.06. The van der Waals surface area contributed by atoms with Crippen LogP contribution in [0.15, 0.2) is 18.5 Å². The highest BCUT2D eigenvalue weighted by atomic mass is 16.1. The normalized spacial score (nSPS) is 10.3. The number of aldehydes is 1. The lowest BCUT2D eigenvalue weighted by molar-refractivity contribution is 0.111. The van der Waals surface area contributed by atoms with E-state index in [2.05, 4.69) is 10.1 Å². The van der Waals surface area contributed by atoms with Crippen molar-refractivity contribution in [2.75, 3.05) is 5.73 Å². The highest BCUT2D eigenvalue weighted by molar-refractivity contribution is 5.78. The summed E-state index contributed by atoms with van der Waals surface area (Å²) in [7, 11) is 0. The summed E-state index contributed by atoms with van der Waals surface area (Å²) in [6.45, 7) is 0. The number of carbonyl (C=O) groups excluding carboxylic acids is 1. The highest BCUT2D eigenvalue weighted by Crippen LogP contribution is 2.10. The van der Waals surface area contributed by atoms with E-state index in [9.17, 15) is 4.79 Å². The van der Waals surface area contributed by atoms with Gasteiger partial charge >= 0.3 is 0 Å². The Hall–Kier alpha value is -1.91. The molecule has 5 heteroatoms. The van der Waals surface area contributed by atoms with Crippen molar-refractivity contribution in [2.45, 2.75) is 0 Å². The monoisotopic (exact) mass is 162 g/mol. The summed E-state index contributed by atoms with van der Waals surface area (Å²) < 4.78 is 1.45. The molecule has 60 valence electrons. The second-order valence-electron chi connectivity index (χ2n) is 2.32. The Bertz CT molecular complexity index is 434. The maximum absolute atomic E-state index is 10.5. The number of hydrogen-bond acceptors (Lipinski definition) is 4. The molecular weight excluding hydrogens is 156 g/mol. The Kier molecular flexibility index (Phi) is 1.30. The number of nitrogen functional groups attached to an aromatic ring is 1. The molecule has 0 saturated carbocycles. The first-order valence-corrected chi connectivity index (χ1v) is 3.36. The predicted octanol–water partition coefficient (Wildman–Crippen LogP) is 0.124. The number of carbonyl (C=O) groups is 1. The molecule has 0 aromatic carbocycles. The smallest absolute Gasteiger partial charge is 0.168 e. The number of fused-ring (bicyclic) bond motifs is 1. The van der Waals surface area contributed by atoms with Gasteiger partial charge in [0.15, 0.2) is 12.1 Å². The quantitative estimate of drug-likeness (QED) is 0.604. The SMILES string of the molecule is Nc1ncnn2c(C=O)ccc12. The van der Waals surface area contributed by atoms with Crippen molar-refractivity contribution in [2.24, 2.45) is 0 Å². The van der Waals surface area contributed by atoms with Crippen LogP contribution in [0.2, 0.25) is 0 Å². The van der Waals surface area contributed by atoms with E-state index in [-0.39, 0.29) is 0 Å². The fraction of sp³-hybridized carbons (Fsp3) is 0. The van der Waals surface area contributed by atoms with Crippen molar-refractivity contribution >= 4 is 17.6 Å². The van der Waals surface area contributed by atoms with Crippen LogP contribution in [0.5, 0.6) is 0 Å². The average molecular weight is 162 g/mol. The Morgan fingerprint density at radius 3 is 3.08 bits per heavy atom. The van der Waals surface area contributed by atoms with Crippen molar-refractivity contribution in [3.05, 3.63) is 24.2 Å². The zero-order chi connectivity index (χ0) is 8.55. The highest BCUT2D eigenvalue weighted by Gasteiger charge is 2.03. The molecule has 2 rings (SSSR count). The van der Waals surface area contributed by atoms with Crippen molar-refractivity contribution in [3.8, 4) is 0 Å². The first-order valence-electron chi connectivity index (χ1n) is 3.36. The van der Waals surface area contributed by atoms with E-state index in [1.807, 2.05) is 0 Å². The van der Waals surface area contributed by atoms with Crippen LogP contribution in [0.1, 0.15) is 10.5 Å². The standard InChI is InChI=1S/C7H6N4O/c8-7-6-2-1-5(3-12)11(6)10-4-9-7/h1-4H,(H2,8,9,10). The minimum absolute atomic E-state index is 0.373. The average Bonchev–Trinajstić information content (AvgIpc) is 2.49. The molecule has 0 bridgehead atoms. The molecule has 0 fully saturated rings. The number of anilines is 1. The Balaban J connectivity index is 2.88. The molecule has 2 N–H and O–H groups in total. The minimum Gasteiger partial charge on any atom is -0.382 e. The maximum atomic E-state index is 10.5. The summed E-state index contributed by atoms with van der Waals surface area (Å²) in [4.78, 5) is 14.3. The van der Waals surface area contributed by atoms with Crippen LogP contribution in [0.4, 0.5) is 5.82 Å². The van der Waals surface area contributed by atoms with Crippen molar-refractivity contribution in [3.63, 3.8) is 0 Å². The van der Waals surface area contributed by atoms with Crippen LogP contribution < -0.4 is 5.73 Å². The summed E-state index contributed by atoms with van der Waals surface area (Å²) in [5, 5.41) is 3.87. The predicted molar refractivity (Wildman–Crippen MR) is 42.8 cm³/mol. The summed E-state index contributed by atoms with van der Waals surface area (Å²) >= 11 is 0. The zero-order valence-electron chi connectivity index (χ0n) is 6.14. The van der Waals surface area contributed by atoms with E-state index in [4.69, 9.17) is 5.73 Å². The van der Waals surface area contributed by atoms with Gasteiger partial charge in [0.25, 0.3) is 0 Å². The van der Waals surface area contributed by atoms with Gasteiger partial charge in [-0.25, -0.2) is 9.50 Å². The summed E-state index contributed by atoms with van der Waals surface area (Å²) in [5.74, 6) is 0.373. The third kappa shape index (κ3) is 0.763. The molecule has 12 heavy (non-hydrogen) atoms. The number of nitrogens with two attached hydrogens (primary N) is 1. The van der Waals surface area contributed by atoms with Gasteiger partial charge < -0.3 is 5.73 Å². The number of nitrogens with zero attached hydrogens (tertiary/aromatic N) is 3. The molecule has 0 radical (unpaired) electrons. The molecule has 0 unspecified atom stereocenters. The molecule has 2 aromatic rings. The van der Waals surface area contributed by atoms with Gasteiger partial charge in [0.2, 0.25) is 0 Å². The molecule has 0 aliphatic carbocycles. The van der Waals surface area contributed by atoms with Gasteiger partial charge in [-0.3, -0.25) is 4.79 Å². The lowest BCUT2D eigenvalue weighted by Gasteiger charge is -1.96. The minimum atomic E-state index is 0.373. The Morgan fingerprint density at radius 1 is 1.50 bits per heavy atom. The molecule has 2 aromatic heterocycles. The van der Waals surface area contributed by atoms with Crippen LogP contribution in [0.25, 0.3) is 5.52 Å². The maximum Gasteiger partial charge on any atom is 0.168 e. The fourth-order valence-corrected chi connectivity index (χ4v) is 1.06. The lowest BCUT2D eigenvalue weighted by atomic mass is 10.5. The molecule has 0 aliphatic rings. The third-order valence-corrected chi connectivity index (χ3v) is 1.63. The third-order valence-electron chi connectivity index (χ3n) is 1.63. The van der Waals surface area contributed by atoms with Crippen LogP contribution in [0.3, 0.4) is 0 Å². The second-order valence-corrected chi connectivity index (χ2v) is 2.32. The molecule has 0 atom stereocenters. The first kappa shape index (κ1) is 6.78. The van der Waals surface area contributed by atoms with Crippen LogP contribution in [-0.4, -0.2) is 20.9 Å². The van der Waals surface area contributed by atoms with E-state index in [1.54, 1.807) is 12.1 Å². The van der Waals surface area contributed by atoms with E-state index in [0.29, 0.717) is 17.0 Å². The van der Waals surface area contributed by atoms with E-state index in [0.717, 1.165) is 6.29 Å². The Morgan fingerprint density at radius 2 is 2.33 bits per heavy atom. The molecule has 0 amide bonds. The van der Waals surface area contributed by atoms with Gasteiger partial charge in [-0.05, 0) is 12.1 Å². The number of hydrogen-bond donors (Lipinski definition) is 1. The first-order chi connectivity index (χ1) is 5.83. The number of rotatable bonds is 1. The Labute approximate surface area is 67.8 Å². The molecule has 0 spiro atoms. The zero-order valence-corrected chi connectivity index (χ0v) is 6.14. The molecular formula is C7H6N4O. The van der Waals surface area contributed by atoms with E-state index < -0.39 is 0 Å².